The van der Waals surface area contributed by atoms with Crippen molar-refractivity contribution in [2.45, 2.75) is 32.4 Å². The third-order valence-electron chi connectivity index (χ3n) is 5.25. The molecule has 3 amide bonds. The van der Waals surface area contributed by atoms with E-state index in [1.54, 1.807) is 22.5 Å². The molecule has 1 unspecified atom stereocenters. The molecule has 5 rings (SSSR count). The van der Waals surface area contributed by atoms with Gasteiger partial charge in [0.1, 0.15) is 11.7 Å². The number of hydrogen-bond acceptors (Lipinski definition) is 7. The molecule has 29 heavy (non-hydrogen) atoms. The van der Waals surface area contributed by atoms with Crippen LogP contribution in [0.5, 0.6) is 0 Å². The van der Waals surface area contributed by atoms with Gasteiger partial charge in [0.2, 0.25) is 11.8 Å². The summed E-state index contributed by atoms with van der Waals surface area (Å²) >= 11 is 1.50. The summed E-state index contributed by atoms with van der Waals surface area (Å²) in [4.78, 5) is 43.2. The summed E-state index contributed by atoms with van der Waals surface area (Å²) in [7, 11) is 0. The quantitative estimate of drug-likeness (QED) is 0.657. The van der Waals surface area contributed by atoms with E-state index in [1.807, 2.05) is 19.1 Å². The fourth-order valence-corrected chi connectivity index (χ4v) is 4.48. The number of carbonyl (C=O) groups is 3. The largest absolute Gasteiger partial charge is 0.322 e. The number of fused-ring (bicyclic) bond motifs is 1. The highest BCUT2D eigenvalue weighted by Gasteiger charge is 2.39. The summed E-state index contributed by atoms with van der Waals surface area (Å²) in [6, 6.07) is 4.89. The summed E-state index contributed by atoms with van der Waals surface area (Å²) < 4.78 is 1.62. The molecule has 0 radical (unpaired) electrons. The van der Waals surface area contributed by atoms with Crippen molar-refractivity contribution in [3.8, 4) is 16.3 Å². The molecule has 1 atom stereocenters. The maximum absolute atomic E-state index is 13.0. The van der Waals surface area contributed by atoms with Gasteiger partial charge in [-0.25, -0.2) is 9.67 Å². The standard InChI is InChI=1S/C19H16N6O3S/c1-10-17(29-9-20-10)14-8-25(23-22-14)12-3-2-11-7-24(19(28)13(11)6-12)15-4-5-16(26)21-18(15)27/h2-3,6,8-9,15H,4-5,7H2,1H3,(H,21,26,27). The molecule has 0 saturated carbocycles. The minimum absolute atomic E-state index is 0.213. The van der Waals surface area contributed by atoms with E-state index in [9.17, 15) is 14.4 Å². The van der Waals surface area contributed by atoms with Crippen LogP contribution in [-0.2, 0) is 16.1 Å². The van der Waals surface area contributed by atoms with Gasteiger partial charge in [-0.05, 0) is 31.0 Å². The van der Waals surface area contributed by atoms with Crippen LogP contribution < -0.4 is 5.32 Å². The molecule has 0 spiro atoms. The molecule has 1 N–H and O–H groups in total. The van der Waals surface area contributed by atoms with Crippen LogP contribution in [0.3, 0.4) is 0 Å². The number of piperidine rings is 1. The van der Waals surface area contributed by atoms with Crippen molar-refractivity contribution in [2.75, 3.05) is 0 Å². The zero-order valence-corrected chi connectivity index (χ0v) is 16.3. The van der Waals surface area contributed by atoms with Crippen molar-refractivity contribution < 1.29 is 14.4 Å². The van der Waals surface area contributed by atoms with Crippen molar-refractivity contribution in [1.29, 1.82) is 0 Å². The Kier molecular flexibility index (Phi) is 4.02. The molecular weight excluding hydrogens is 392 g/mol. The molecule has 4 heterocycles. The first-order chi connectivity index (χ1) is 14.0. The SMILES string of the molecule is Cc1ncsc1-c1cn(-c2ccc3c(c2)C(=O)N(C2CCC(=O)NC2=O)C3)nn1. The number of rotatable bonds is 3. The van der Waals surface area contributed by atoms with Gasteiger partial charge in [-0.3, -0.25) is 19.7 Å². The van der Waals surface area contributed by atoms with Crippen molar-refractivity contribution >= 4 is 29.1 Å². The van der Waals surface area contributed by atoms with Crippen LogP contribution in [-0.4, -0.2) is 48.6 Å². The van der Waals surface area contributed by atoms with E-state index in [0.29, 0.717) is 24.2 Å². The first-order valence-corrected chi connectivity index (χ1v) is 10.00. The van der Waals surface area contributed by atoms with Gasteiger partial charge >= 0.3 is 0 Å². The lowest BCUT2D eigenvalue weighted by Gasteiger charge is -2.29. The minimum Gasteiger partial charge on any atom is -0.322 e. The van der Waals surface area contributed by atoms with Gasteiger partial charge in [-0.15, -0.1) is 16.4 Å². The van der Waals surface area contributed by atoms with Crippen LogP contribution in [0.4, 0.5) is 0 Å². The summed E-state index contributed by atoms with van der Waals surface area (Å²) in [6.45, 7) is 2.27. The third-order valence-corrected chi connectivity index (χ3v) is 6.20. The maximum atomic E-state index is 13.0. The second-order valence-electron chi connectivity index (χ2n) is 7.06. The Labute approximate surface area is 169 Å². The van der Waals surface area contributed by atoms with E-state index in [0.717, 1.165) is 21.8 Å². The van der Waals surface area contributed by atoms with Crippen molar-refractivity contribution in [3.63, 3.8) is 0 Å². The molecular formula is C19H16N6O3S. The van der Waals surface area contributed by atoms with Gasteiger partial charge in [0, 0.05) is 18.5 Å². The Balaban J connectivity index is 1.42. The number of carbonyl (C=O) groups excluding carboxylic acids is 3. The van der Waals surface area contributed by atoms with Crippen LogP contribution in [0.2, 0.25) is 0 Å². The summed E-state index contributed by atoms with van der Waals surface area (Å²) in [6.07, 6.45) is 2.39. The number of amides is 3. The highest BCUT2D eigenvalue weighted by atomic mass is 32.1. The van der Waals surface area contributed by atoms with E-state index < -0.39 is 11.9 Å². The van der Waals surface area contributed by atoms with Gasteiger partial charge in [0.15, 0.2) is 0 Å². The normalized spacial score (nSPS) is 18.9. The predicted octanol–water partition coefficient (Wildman–Crippen LogP) is 1.46. The summed E-state index contributed by atoms with van der Waals surface area (Å²) in [5.74, 6) is -0.922. The Bertz CT molecular complexity index is 1170. The van der Waals surface area contributed by atoms with E-state index in [2.05, 4.69) is 20.6 Å². The van der Waals surface area contributed by atoms with Crippen LogP contribution >= 0.6 is 11.3 Å². The zero-order valence-electron chi connectivity index (χ0n) is 15.5. The lowest BCUT2D eigenvalue weighted by molar-refractivity contribution is -0.136. The molecule has 146 valence electrons. The molecule has 3 aromatic rings. The number of aryl methyl sites for hydroxylation is 1. The molecule has 2 aromatic heterocycles. The third kappa shape index (κ3) is 2.92. The molecule has 10 heteroatoms. The molecule has 2 aliphatic heterocycles. The molecule has 2 aliphatic rings. The van der Waals surface area contributed by atoms with E-state index in [-0.39, 0.29) is 18.2 Å². The second kappa shape index (κ2) is 6.59. The van der Waals surface area contributed by atoms with Crippen molar-refractivity contribution in [3.05, 3.63) is 46.7 Å². The average molecular weight is 408 g/mol. The van der Waals surface area contributed by atoms with Gasteiger partial charge < -0.3 is 4.90 Å². The summed E-state index contributed by atoms with van der Waals surface area (Å²) in [5.41, 5.74) is 5.48. The number of benzene rings is 1. The number of nitrogens with zero attached hydrogens (tertiary/aromatic N) is 5. The zero-order chi connectivity index (χ0) is 20.1. The molecule has 1 aromatic carbocycles. The fraction of sp³-hybridized carbons (Fsp3) is 0.263. The first-order valence-electron chi connectivity index (χ1n) is 9.12. The topological polar surface area (TPSA) is 110 Å². The molecule has 1 saturated heterocycles. The van der Waals surface area contributed by atoms with Crippen LogP contribution in [0.15, 0.2) is 29.9 Å². The Morgan fingerprint density at radius 2 is 2.10 bits per heavy atom. The summed E-state index contributed by atoms with van der Waals surface area (Å²) in [5, 5.41) is 10.7. The predicted molar refractivity (Wildman–Crippen MR) is 103 cm³/mol. The number of hydrogen-bond donors (Lipinski definition) is 1. The van der Waals surface area contributed by atoms with Crippen LogP contribution in [0.25, 0.3) is 16.3 Å². The van der Waals surface area contributed by atoms with Crippen molar-refractivity contribution in [1.82, 2.24) is 30.2 Å². The maximum Gasteiger partial charge on any atom is 0.255 e. The molecule has 1 fully saturated rings. The highest BCUT2D eigenvalue weighted by Crippen LogP contribution is 2.30. The molecule has 0 bridgehead atoms. The Morgan fingerprint density at radius 3 is 2.86 bits per heavy atom. The Hall–Kier alpha value is -3.40. The van der Waals surface area contributed by atoms with Gasteiger partial charge in [-0.2, -0.15) is 0 Å². The van der Waals surface area contributed by atoms with Crippen LogP contribution in [0, 0.1) is 6.92 Å². The van der Waals surface area contributed by atoms with Crippen LogP contribution in [0.1, 0.15) is 34.5 Å². The van der Waals surface area contributed by atoms with E-state index in [1.165, 1.54) is 16.2 Å². The number of aromatic nitrogens is 4. The lowest BCUT2D eigenvalue weighted by atomic mass is 10.0. The average Bonchev–Trinajstić information content (AvgIpc) is 3.41. The number of nitrogens with one attached hydrogen (secondary N) is 1. The first kappa shape index (κ1) is 17.7. The van der Waals surface area contributed by atoms with E-state index in [4.69, 9.17) is 0 Å². The lowest BCUT2D eigenvalue weighted by Crippen LogP contribution is -2.52. The molecule has 9 nitrogen and oxygen atoms in total. The fourth-order valence-electron chi connectivity index (χ4n) is 3.73. The van der Waals surface area contributed by atoms with E-state index >= 15 is 0 Å². The molecule has 0 aliphatic carbocycles. The van der Waals surface area contributed by atoms with Gasteiger partial charge in [0.25, 0.3) is 5.91 Å². The van der Waals surface area contributed by atoms with Crippen molar-refractivity contribution in [2.24, 2.45) is 0 Å². The monoisotopic (exact) mass is 408 g/mol. The van der Waals surface area contributed by atoms with Gasteiger partial charge in [-0.1, -0.05) is 11.3 Å². The van der Waals surface area contributed by atoms with Gasteiger partial charge in [0.05, 0.1) is 28.0 Å². The second-order valence-corrected chi connectivity index (χ2v) is 7.91. The Morgan fingerprint density at radius 1 is 1.24 bits per heavy atom. The number of imide groups is 1. The smallest absolute Gasteiger partial charge is 0.255 e. The minimum atomic E-state index is -0.622. The number of thiazole rings is 1. The highest BCUT2D eigenvalue weighted by molar-refractivity contribution is 7.13.